The molecule has 19 heavy (non-hydrogen) atoms. The third-order valence-corrected chi connectivity index (χ3v) is 4.65. The Morgan fingerprint density at radius 1 is 1.32 bits per heavy atom. The van der Waals surface area contributed by atoms with Crippen molar-refractivity contribution in [1.29, 1.82) is 0 Å². The number of hydrogen-bond acceptors (Lipinski definition) is 3. The fourth-order valence-corrected chi connectivity index (χ4v) is 2.99. The van der Waals surface area contributed by atoms with Crippen LogP contribution in [0.15, 0.2) is 35.2 Å². The highest BCUT2D eigenvalue weighted by Gasteiger charge is 2.26. The van der Waals surface area contributed by atoms with E-state index < -0.39 is 0 Å². The molecule has 0 spiro atoms. The first-order chi connectivity index (χ1) is 9.18. The van der Waals surface area contributed by atoms with Gasteiger partial charge in [0, 0.05) is 11.4 Å². The van der Waals surface area contributed by atoms with Crippen LogP contribution in [0.3, 0.4) is 0 Å². The van der Waals surface area contributed by atoms with E-state index in [0.29, 0.717) is 5.75 Å². The zero-order valence-electron chi connectivity index (χ0n) is 11.4. The second-order valence-electron chi connectivity index (χ2n) is 5.44. The summed E-state index contributed by atoms with van der Waals surface area (Å²) in [5.41, 5.74) is 0.262. The summed E-state index contributed by atoms with van der Waals surface area (Å²) >= 11 is 1.59. The molecule has 0 aromatic heterocycles. The first kappa shape index (κ1) is 14.4. The van der Waals surface area contributed by atoms with E-state index in [9.17, 15) is 4.79 Å². The highest BCUT2D eigenvalue weighted by atomic mass is 32.2. The Morgan fingerprint density at radius 2 is 2.00 bits per heavy atom. The van der Waals surface area contributed by atoms with Crippen LogP contribution in [0.2, 0.25) is 0 Å². The molecule has 0 unspecified atom stereocenters. The van der Waals surface area contributed by atoms with Gasteiger partial charge in [-0.3, -0.25) is 4.79 Å². The fourth-order valence-electron chi connectivity index (χ4n) is 2.24. The van der Waals surface area contributed by atoms with Gasteiger partial charge in [0.2, 0.25) is 5.91 Å². The molecule has 1 aromatic rings. The lowest BCUT2D eigenvalue weighted by Crippen LogP contribution is -2.43. The quantitative estimate of drug-likeness (QED) is 0.812. The third kappa shape index (κ3) is 4.88. The minimum Gasteiger partial charge on any atom is -0.355 e. The Bertz CT molecular complexity index is 402. The Morgan fingerprint density at radius 3 is 2.68 bits per heavy atom. The molecular weight excluding hydrogens is 256 g/mol. The second kappa shape index (κ2) is 6.96. The van der Waals surface area contributed by atoms with Crippen LogP contribution in [0.1, 0.15) is 19.8 Å². The number of thioether (sulfide) groups is 1. The van der Waals surface area contributed by atoms with Gasteiger partial charge in [-0.15, -0.1) is 11.8 Å². The van der Waals surface area contributed by atoms with Crippen molar-refractivity contribution in [2.45, 2.75) is 24.7 Å². The Kier molecular flexibility index (Phi) is 5.28. The lowest BCUT2D eigenvalue weighted by Gasteiger charge is -2.34. The number of rotatable bonds is 5. The Hall–Kier alpha value is -1.00. The van der Waals surface area contributed by atoms with Gasteiger partial charge in [-0.25, -0.2) is 0 Å². The molecule has 3 nitrogen and oxygen atoms in total. The van der Waals surface area contributed by atoms with Crippen molar-refractivity contribution < 1.29 is 4.79 Å². The van der Waals surface area contributed by atoms with Gasteiger partial charge < -0.3 is 10.6 Å². The molecule has 1 aromatic carbocycles. The highest BCUT2D eigenvalue weighted by molar-refractivity contribution is 8.00. The minimum atomic E-state index is 0.133. The average molecular weight is 278 g/mol. The first-order valence-corrected chi connectivity index (χ1v) is 7.82. The lowest BCUT2D eigenvalue weighted by molar-refractivity contribution is -0.119. The summed E-state index contributed by atoms with van der Waals surface area (Å²) in [5.74, 6) is 0.631. The summed E-state index contributed by atoms with van der Waals surface area (Å²) in [5, 5.41) is 6.43. The zero-order chi connectivity index (χ0) is 13.6. The predicted molar refractivity (Wildman–Crippen MR) is 80.4 cm³/mol. The number of carbonyl (C=O) groups is 1. The molecule has 1 amide bonds. The van der Waals surface area contributed by atoms with E-state index in [0.717, 1.165) is 37.4 Å². The number of piperidine rings is 1. The molecular formula is C15H22N2OS. The first-order valence-electron chi connectivity index (χ1n) is 6.83. The highest BCUT2D eigenvalue weighted by Crippen LogP contribution is 2.26. The van der Waals surface area contributed by atoms with Crippen molar-refractivity contribution in [3.8, 4) is 0 Å². The van der Waals surface area contributed by atoms with Crippen molar-refractivity contribution in [2.75, 3.05) is 25.4 Å². The average Bonchev–Trinajstić information content (AvgIpc) is 2.45. The van der Waals surface area contributed by atoms with E-state index in [2.05, 4.69) is 17.6 Å². The molecule has 0 saturated carbocycles. The van der Waals surface area contributed by atoms with Crippen LogP contribution in [0, 0.1) is 5.41 Å². The summed E-state index contributed by atoms with van der Waals surface area (Å²) in [6.07, 6.45) is 2.28. The smallest absolute Gasteiger partial charge is 0.230 e. The summed E-state index contributed by atoms with van der Waals surface area (Å²) in [4.78, 5) is 13.0. The van der Waals surface area contributed by atoms with Crippen LogP contribution in [0.5, 0.6) is 0 Å². The summed E-state index contributed by atoms with van der Waals surface area (Å²) in [6, 6.07) is 10.0. The maximum Gasteiger partial charge on any atom is 0.230 e. The number of hydrogen-bond donors (Lipinski definition) is 2. The fraction of sp³-hybridized carbons (Fsp3) is 0.533. The van der Waals surface area contributed by atoms with Crippen LogP contribution in [0.25, 0.3) is 0 Å². The van der Waals surface area contributed by atoms with E-state index in [1.165, 1.54) is 0 Å². The van der Waals surface area contributed by atoms with E-state index in [-0.39, 0.29) is 11.3 Å². The predicted octanol–water partition coefficient (Wildman–Crippen LogP) is 2.28. The number of carbonyl (C=O) groups excluding carboxylic acids is 1. The van der Waals surface area contributed by atoms with Gasteiger partial charge in [0.05, 0.1) is 5.75 Å². The minimum absolute atomic E-state index is 0.133. The second-order valence-corrected chi connectivity index (χ2v) is 6.49. The maximum atomic E-state index is 11.9. The maximum absolute atomic E-state index is 11.9. The van der Waals surface area contributed by atoms with Gasteiger partial charge in [-0.05, 0) is 43.5 Å². The number of amides is 1. The Labute approximate surface area is 119 Å². The third-order valence-electron chi connectivity index (χ3n) is 3.64. The summed E-state index contributed by atoms with van der Waals surface area (Å²) in [7, 11) is 0. The number of nitrogens with one attached hydrogen (secondary N) is 2. The van der Waals surface area contributed by atoms with Crippen LogP contribution >= 0.6 is 11.8 Å². The molecule has 0 bridgehead atoms. The number of benzene rings is 1. The van der Waals surface area contributed by atoms with Crippen molar-refractivity contribution in [1.82, 2.24) is 10.6 Å². The van der Waals surface area contributed by atoms with Crippen LogP contribution in [0.4, 0.5) is 0 Å². The molecule has 2 N–H and O–H groups in total. The topological polar surface area (TPSA) is 41.1 Å². The van der Waals surface area contributed by atoms with Crippen molar-refractivity contribution in [3.63, 3.8) is 0 Å². The molecule has 0 radical (unpaired) electrons. The molecule has 1 fully saturated rings. The summed E-state index contributed by atoms with van der Waals surface area (Å²) < 4.78 is 0. The van der Waals surface area contributed by atoms with Gasteiger partial charge in [-0.2, -0.15) is 0 Å². The standard InChI is InChI=1S/C15H22N2OS/c1-15(7-9-16-10-8-15)12-17-14(18)11-19-13-5-3-2-4-6-13/h2-6,16H,7-12H2,1H3,(H,17,18). The lowest BCUT2D eigenvalue weighted by atomic mass is 9.81. The van der Waals surface area contributed by atoms with Gasteiger partial charge >= 0.3 is 0 Å². The Balaban J connectivity index is 1.70. The van der Waals surface area contributed by atoms with E-state index in [4.69, 9.17) is 0 Å². The van der Waals surface area contributed by atoms with E-state index in [1.807, 2.05) is 30.3 Å². The largest absolute Gasteiger partial charge is 0.355 e. The van der Waals surface area contributed by atoms with Crippen LogP contribution < -0.4 is 10.6 Å². The molecule has 1 saturated heterocycles. The molecule has 4 heteroatoms. The molecule has 0 aliphatic carbocycles. The van der Waals surface area contributed by atoms with Gasteiger partial charge in [0.25, 0.3) is 0 Å². The monoisotopic (exact) mass is 278 g/mol. The zero-order valence-corrected chi connectivity index (χ0v) is 12.3. The van der Waals surface area contributed by atoms with Crippen molar-refractivity contribution in [3.05, 3.63) is 30.3 Å². The van der Waals surface area contributed by atoms with Crippen molar-refractivity contribution >= 4 is 17.7 Å². The normalized spacial score (nSPS) is 17.9. The summed E-state index contributed by atoms with van der Waals surface area (Å²) in [6.45, 7) is 5.18. The van der Waals surface area contributed by atoms with Gasteiger partial charge in [-0.1, -0.05) is 25.1 Å². The molecule has 1 aliphatic rings. The molecule has 1 heterocycles. The van der Waals surface area contributed by atoms with Crippen molar-refractivity contribution in [2.24, 2.45) is 5.41 Å². The van der Waals surface area contributed by atoms with Crippen LogP contribution in [-0.4, -0.2) is 31.3 Å². The molecule has 2 rings (SSSR count). The molecule has 104 valence electrons. The van der Waals surface area contributed by atoms with E-state index >= 15 is 0 Å². The van der Waals surface area contributed by atoms with Crippen LogP contribution in [-0.2, 0) is 4.79 Å². The van der Waals surface area contributed by atoms with Gasteiger partial charge in [0.15, 0.2) is 0 Å². The van der Waals surface area contributed by atoms with Gasteiger partial charge in [0.1, 0.15) is 0 Å². The SMILES string of the molecule is CC1(CNC(=O)CSc2ccccc2)CCNCC1. The molecule has 1 aliphatic heterocycles. The van der Waals surface area contributed by atoms with E-state index in [1.54, 1.807) is 11.8 Å². The molecule has 0 atom stereocenters.